The van der Waals surface area contributed by atoms with Crippen molar-refractivity contribution >= 4 is 11.8 Å². The molecule has 9 heteroatoms. The molecule has 1 aromatic carbocycles. The van der Waals surface area contributed by atoms with Gasteiger partial charge in [-0.2, -0.15) is 4.98 Å². The van der Waals surface area contributed by atoms with Crippen molar-refractivity contribution in [3.63, 3.8) is 0 Å². The molecule has 142 valence electrons. The van der Waals surface area contributed by atoms with Crippen molar-refractivity contribution in [3.8, 4) is 22.8 Å². The molecular weight excluding hydrogens is 376 g/mol. The second-order valence-electron chi connectivity index (χ2n) is 6.39. The van der Waals surface area contributed by atoms with Crippen LogP contribution in [0.4, 0.5) is 0 Å². The summed E-state index contributed by atoms with van der Waals surface area (Å²) in [6.45, 7) is 4.00. The zero-order valence-electron chi connectivity index (χ0n) is 15.6. The Balaban J connectivity index is 1.55. The van der Waals surface area contributed by atoms with Gasteiger partial charge in [-0.15, -0.1) is 10.2 Å². The fraction of sp³-hybridized carbons (Fsp3) is 0.211. The van der Waals surface area contributed by atoms with Crippen LogP contribution in [0.25, 0.3) is 22.8 Å². The van der Waals surface area contributed by atoms with E-state index in [1.807, 2.05) is 49.7 Å². The first-order valence-electron chi connectivity index (χ1n) is 8.67. The molecule has 4 rings (SSSR count). The van der Waals surface area contributed by atoms with Crippen molar-refractivity contribution in [2.24, 2.45) is 7.05 Å². The molecule has 0 saturated heterocycles. The van der Waals surface area contributed by atoms with Crippen LogP contribution in [0.15, 0.2) is 57.1 Å². The van der Waals surface area contributed by atoms with Crippen LogP contribution in [0.5, 0.6) is 0 Å². The number of H-pyrrole nitrogens is 1. The first-order valence-corrected chi connectivity index (χ1v) is 9.55. The average Bonchev–Trinajstić information content (AvgIpc) is 3.30. The topological polar surface area (TPSA) is 102 Å². The van der Waals surface area contributed by atoms with E-state index >= 15 is 0 Å². The lowest BCUT2D eigenvalue weighted by atomic mass is 10.1. The zero-order valence-corrected chi connectivity index (χ0v) is 16.4. The van der Waals surface area contributed by atoms with Crippen LogP contribution in [-0.2, 0) is 7.05 Å². The summed E-state index contributed by atoms with van der Waals surface area (Å²) in [7, 11) is 1.86. The van der Waals surface area contributed by atoms with Gasteiger partial charge in [0.25, 0.3) is 5.89 Å². The van der Waals surface area contributed by atoms with Gasteiger partial charge in [0.05, 0.1) is 5.25 Å². The Bertz CT molecular complexity index is 1180. The van der Waals surface area contributed by atoms with Gasteiger partial charge < -0.3 is 14.1 Å². The van der Waals surface area contributed by atoms with E-state index in [1.165, 1.54) is 17.8 Å². The molecule has 8 nitrogen and oxygen atoms in total. The quantitative estimate of drug-likeness (QED) is 0.518. The van der Waals surface area contributed by atoms with E-state index in [0.717, 1.165) is 11.1 Å². The molecule has 0 radical (unpaired) electrons. The van der Waals surface area contributed by atoms with Gasteiger partial charge in [0.2, 0.25) is 5.56 Å². The Labute approximate surface area is 165 Å². The Kier molecular flexibility index (Phi) is 4.82. The Morgan fingerprint density at radius 3 is 2.82 bits per heavy atom. The van der Waals surface area contributed by atoms with Crippen molar-refractivity contribution in [2.75, 3.05) is 0 Å². The number of benzene rings is 1. The summed E-state index contributed by atoms with van der Waals surface area (Å²) in [5, 5.41) is 13.2. The molecule has 28 heavy (non-hydrogen) atoms. The maximum absolute atomic E-state index is 11.5. The third-order valence-corrected chi connectivity index (χ3v) is 5.35. The van der Waals surface area contributed by atoms with E-state index in [-0.39, 0.29) is 10.8 Å². The highest BCUT2D eigenvalue weighted by Gasteiger charge is 2.20. The standard InChI is InChI=1S/C19H18N6O2S/c1-11-5-4-6-14(9-11)18-21-16(24-27-18)12(2)28-19-23-22-17(25(19)3)13-7-8-20-15(26)10-13/h4-10,12H,1-3H3,(H,20,26). The Morgan fingerprint density at radius 1 is 1.18 bits per heavy atom. The number of pyridine rings is 1. The SMILES string of the molecule is Cc1cccc(-c2nc(C(C)Sc3nnc(-c4cc[nH]c(=O)c4)n3C)no2)c1. The van der Waals surface area contributed by atoms with Gasteiger partial charge in [-0.1, -0.05) is 34.6 Å². The fourth-order valence-corrected chi connectivity index (χ4v) is 3.61. The molecular formula is C19H18N6O2S. The predicted octanol–water partition coefficient (Wildman–Crippen LogP) is 3.38. The highest BCUT2D eigenvalue weighted by Crippen LogP contribution is 2.34. The number of aromatic amines is 1. The van der Waals surface area contributed by atoms with Crippen molar-refractivity contribution in [2.45, 2.75) is 24.3 Å². The summed E-state index contributed by atoms with van der Waals surface area (Å²) in [6, 6.07) is 11.2. The molecule has 3 aromatic heterocycles. The van der Waals surface area contributed by atoms with E-state index in [1.54, 1.807) is 12.3 Å². The predicted molar refractivity (Wildman–Crippen MR) is 106 cm³/mol. The first kappa shape index (κ1) is 18.2. The van der Waals surface area contributed by atoms with Crippen molar-refractivity contribution < 1.29 is 4.52 Å². The third-order valence-electron chi connectivity index (χ3n) is 4.22. The molecule has 1 unspecified atom stereocenters. The van der Waals surface area contributed by atoms with E-state index in [4.69, 9.17) is 4.52 Å². The summed E-state index contributed by atoms with van der Waals surface area (Å²) in [5.74, 6) is 1.70. The second kappa shape index (κ2) is 7.43. The van der Waals surface area contributed by atoms with Gasteiger partial charge in [-0.05, 0) is 32.0 Å². The minimum Gasteiger partial charge on any atom is -0.334 e. The highest BCUT2D eigenvalue weighted by molar-refractivity contribution is 7.99. The molecule has 0 aliphatic carbocycles. The van der Waals surface area contributed by atoms with Crippen LogP contribution in [-0.4, -0.2) is 29.9 Å². The maximum Gasteiger partial charge on any atom is 0.257 e. The molecule has 0 aliphatic heterocycles. The summed E-state index contributed by atoms with van der Waals surface area (Å²) < 4.78 is 7.27. The number of thioether (sulfide) groups is 1. The Morgan fingerprint density at radius 2 is 2.04 bits per heavy atom. The number of hydrogen-bond donors (Lipinski definition) is 1. The van der Waals surface area contributed by atoms with Crippen LogP contribution in [0.2, 0.25) is 0 Å². The molecule has 3 heterocycles. The monoisotopic (exact) mass is 394 g/mol. The lowest BCUT2D eigenvalue weighted by Crippen LogP contribution is -2.04. The second-order valence-corrected chi connectivity index (χ2v) is 7.70. The summed E-state index contributed by atoms with van der Waals surface area (Å²) >= 11 is 1.47. The molecule has 0 aliphatic rings. The number of rotatable bonds is 5. The number of nitrogens with zero attached hydrogens (tertiary/aromatic N) is 5. The van der Waals surface area contributed by atoms with E-state index in [9.17, 15) is 4.79 Å². The van der Waals surface area contributed by atoms with Gasteiger partial charge in [0.1, 0.15) is 0 Å². The zero-order chi connectivity index (χ0) is 19.7. The third kappa shape index (κ3) is 3.61. The fourth-order valence-electron chi connectivity index (χ4n) is 2.76. The van der Waals surface area contributed by atoms with Crippen molar-refractivity contribution in [3.05, 3.63) is 64.3 Å². The van der Waals surface area contributed by atoms with Gasteiger partial charge in [-0.25, -0.2) is 0 Å². The smallest absolute Gasteiger partial charge is 0.257 e. The maximum atomic E-state index is 11.5. The number of aromatic nitrogens is 6. The summed E-state index contributed by atoms with van der Waals surface area (Å²) in [6.07, 6.45) is 1.59. The van der Waals surface area contributed by atoms with Gasteiger partial charge in [0, 0.05) is 30.4 Å². The lowest BCUT2D eigenvalue weighted by Gasteiger charge is -2.06. The molecule has 0 saturated carbocycles. The molecule has 0 bridgehead atoms. The Hall–Kier alpha value is -3.20. The molecule has 0 spiro atoms. The molecule has 4 aromatic rings. The number of nitrogens with one attached hydrogen (secondary N) is 1. The summed E-state index contributed by atoms with van der Waals surface area (Å²) in [5.41, 5.74) is 2.55. The lowest BCUT2D eigenvalue weighted by molar-refractivity contribution is 0.423. The number of aryl methyl sites for hydroxylation is 1. The average molecular weight is 394 g/mol. The molecule has 0 fully saturated rings. The first-order chi connectivity index (χ1) is 13.5. The minimum atomic E-state index is -0.182. The molecule has 1 N–H and O–H groups in total. The normalized spacial score (nSPS) is 12.2. The molecule has 0 amide bonds. The number of hydrogen-bond acceptors (Lipinski definition) is 7. The van der Waals surface area contributed by atoms with Crippen LogP contribution >= 0.6 is 11.8 Å². The molecule has 1 atom stereocenters. The summed E-state index contributed by atoms with van der Waals surface area (Å²) in [4.78, 5) is 18.7. The van der Waals surface area contributed by atoms with Gasteiger partial charge in [0.15, 0.2) is 16.8 Å². The van der Waals surface area contributed by atoms with E-state index in [2.05, 4.69) is 25.3 Å². The van der Waals surface area contributed by atoms with Crippen LogP contribution in [0, 0.1) is 6.92 Å². The van der Waals surface area contributed by atoms with Gasteiger partial charge in [-0.3, -0.25) is 4.79 Å². The van der Waals surface area contributed by atoms with Crippen molar-refractivity contribution in [1.29, 1.82) is 0 Å². The van der Waals surface area contributed by atoms with Crippen LogP contribution < -0.4 is 5.56 Å². The van der Waals surface area contributed by atoms with E-state index < -0.39 is 0 Å². The van der Waals surface area contributed by atoms with Crippen LogP contribution in [0.1, 0.15) is 23.6 Å². The van der Waals surface area contributed by atoms with Crippen molar-refractivity contribution in [1.82, 2.24) is 29.9 Å². The van der Waals surface area contributed by atoms with Crippen LogP contribution in [0.3, 0.4) is 0 Å². The van der Waals surface area contributed by atoms with Gasteiger partial charge >= 0.3 is 0 Å². The minimum absolute atomic E-state index is 0.0859. The van der Waals surface area contributed by atoms with E-state index in [0.29, 0.717) is 28.3 Å². The largest absolute Gasteiger partial charge is 0.334 e. The highest BCUT2D eigenvalue weighted by atomic mass is 32.2.